The molecule has 0 saturated carbocycles. The van der Waals surface area contributed by atoms with Crippen LogP contribution in [0.4, 0.5) is 5.69 Å². The van der Waals surface area contributed by atoms with Crippen molar-refractivity contribution in [1.29, 1.82) is 0 Å². The van der Waals surface area contributed by atoms with Gasteiger partial charge >= 0.3 is 5.97 Å². The van der Waals surface area contributed by atoms with Crippen molar-refractivity contribution in [2.75, 3.05) is 0 Å². The molecule has 0 aromatic heterocycles. The molecule has 0 N–H and O–H groups in total. The average molecular weight is 327 g/mol. The summed E-state index contributed by atoms with van der Waals surface area (Å²) in [6, 6.07) is 15.5. The van der Waals surface area contributed by atoms with Gasteiger partial charge in [0.1, 0.15) is 6.10 Å². The van der Waals surface area contributed by atoms with Crippen molar-refractivity contribution in [2.45, 2.75) is 38.7 Å². The van der Waals surface area contributed by atoms with Gasteiger partial charge in [-0.2, -0.15) is 0 Å². The van der Waals surface area contributed by atoms with Crippen molar-refractivity contribution in [3.63, 3.8) is 0 Å². The number of rotatable bonds is 7. The predicted molar refractivity (Wildman–Crippen MR) is 92.1 cm³/mol. The smallest absolute Gasteiger partial charge is 0.338 e. The molecule has 0 saturated heterocycles. The summed E-state index contributed by atoms with van der Waals surface area (Å²) >= 11 is 0. The molecule has 0 spiro atoms. The maximum Gasteiger partial charge on any atom is 0.338 e. The summed E-state index contributed by atoms with van der Waals surface area (Å²) in [5, 5.41) is 10.7. The van der Waals surface area contributed by atoms with Gasteiger partial charge in [0.15, 0.2) is 0 Å². The first kappa shape index (κ1) is 17.7. The molecule has 0 radical (unpaired) electrons. The summed E-state index contributed by atoms with van der Waals surface area (Å²) in [6.07, 6.45) is 1.32. The van der Waals surface area contributed by atoms with Crippen LogP contribution < -0.4 is 0 Å². The molecular formula is C19H21NO4. The van der Waals surface area contributed by atoms with Crippen LogP contribution in [0.2, 0.25) is 0 Å². The van der Waals surface area contributed by atoms with Crippen LogP contribution in [0.15, 0.2) is 54.6 Å². The number of hydrogen-bond acceptors (Lipinski definition) is 4. The molecular weight excluding hydrogens is 306 g/mol. The summed E-state index contributed by atoms with van der Waals surface area (Å²) in [5.41, 5.74) is 1.42. The minimum Gasteiger partial charge on any atom is -0.458 e. The summed E-state index contributed by atoms with van der Waals surface area (Å²) < 4.78 is 5.68. The van der Waals surface area contributed by atoms with Crippen LogP contribution >= 0.6 is 0 Å². The molecule has 5 nitrogen and oxygen atoms in total. The third kappa shape index (κ3) is 4.19. The number of benzene rings is 2. The Balaban J connectivity index is 2.13. The Morgan fingerprint density at radius 2 is 1.67 bits per heavy atom. The number of hydrogen-bond donors (Lipinski definition) is 0. The molecule has 2 atom stereocenters. The normalized spacial score (nSPS) is 13.1. The van der Waals surface area contributed by atoms with E-state index < -0.39 is 10.9 Å². The van der Waals surface area contributed by atoms with Crippen LogP contribution in [0.1, 0.15) is 48.5 Å². The molecule has 0 unspecified atom stereocenters. The van der Waals surface area contributed by atoms with Gasteiger partial charge in [-0.15, -0.1) is 0 Å². The van der Waals surface area contributed by atoms with Gasteiger partial charge in [-0.1, -0.05) is 44.2 Å². The van der Waals surface area contributed by atoms with Crippen molar-refractivity contribution in [1.82, 2.24) is 0 Å². The first-order chi connectivity index (χ1) is 11.6. The number of nitrogens with zero attached hydrogens (tertiary/aromatic N) is 1. The van der Waals surface area contributed by atoms with E-state index >= 15 is 0 Å². The standard InChI is InChI=1S/C19H21NO4/c1-3-17(14-8-6-5-7-9-14)18(4-2)24-19(21)15-10-12-16(13-11-15)20(22)23/h5-13,17-18H,3-4H2,1-2H3/t17-,18-/m0/s1. The van der Waals surface area contributed by atoms with Crippen LogP contribution in [0.3, 0.4) is 0 Å². The van der Waals surface area contributed by atoms with E-state index in [1.165, 1.54) is 24.3 Å². The highest BCUT2D eigenvalue weighted by Crippen LogP contribution is 2.28. The Morgan fingerprint density at radius 3 is 2.17 bits per heavy atom. The van der Waals surface area contributed by atoms with Crippen LogP contribution in [0.25, 0.3) is 0 Å². The van der Waals surface area contributed by atoms with Crippen molar-refractivity contribution in [3.05, 3.63) is 75.8 Å². The summed E-state index contributed by atoms with van der Waals surface area (Å²) in [4.78, 5) is 22.5. The maximum atomic E-state index is 12.4. The fourth-order valence-electron chi connectivity index (χ4n) is 2.79. The molecule has 5 heteroatoms. The third-order valence-electron chi connectivity index (χ3n) is 4.09. The molecule has 0 bridgehead atoms. The first-order valence-electron chi connectivity index (χ1n) is 8.07. The van der Waals surface area contributed by atoms with Crippen LogP contribution in [-0.4, -0.2) is 17.0 Å². The fourth-order valence-corrected chi connectivity index (χ4v) is 2.79. The minimum atomic E-state index is -0.494. The van der Waals surface area contributed by atoms with E-state index in [0.717, 1.165) is 12.0 Å². The van der Waals surface area contributed by atoms with Gasteiger partial charge < -0.3 is 4.74 Å². The third-order valence-corrected chi connectivity index (χ3v) is 4.09. The summed E-state index contributed by atoms with van der Waals surface area (Å²) in [7, 11) is 0. The van der Waals surface area contributed by atoms with E-state index in [1.807, 2.05) is 37.3 Å². The lowest BCUT2D eigenvalue weighted by molar-refractivity contribution is -0.384. The van der Waals surface area contributed by atoms with Gasteiger partial charge in [0.25, 0.3) is 5.69 Å². The molecule has 2 aromatic rings. The SMILES string of the molecule is CC[C@H](OC(=O)c1ccc([N+](=O)[O-])cc1)[C@@H](CC)c1ccccc1. The van der Waals surface area contributed by atoms with Crippen LogP contribution in [0.5, 0.6) is 0 Å². The molecule has 0 fully saturated rings. The molecule has 24 heavy (non-hydrogen) atoms. The highest BCUT2D eigenvalue weighted by Gasteiger charge is 2.24. The van der Waals surface area contributed by atoms with E-state index in [4.69, 9.17) is 4.74 Å². The predicted octanol–water partition coefficient (Wildman–Crippen LogP) is 4.72. The van der Waals surface area contributed by atoms with Gasteiger partial charge in [0.2, 0.25) is 0 Å². The number of nitro benzene ring substituents is 1. The average Bonchev–Trinajstić information content (AvgIpc) is 2.62. The van der Waals surface area contributed by atoms with Gasteiger partial charge in [0.05, 0.1) is 10.5 Å². The molecule has 0 aliphatic heterocycles. The zero-order valence-corrected chi connectivity index (χ0v) is 13.8. The van der Waals surface area contributed by atoms with Crippen molar-refractivity contribution in [2.24, 2.45) is 0 Å². The Kier molecular flexibility index (Phi) is 6.07. The molecule has 126 valence electrons. The van der Waals surface area contributed by atoms with Crippen LogP contribution in [0, 0.1) is 10.1 Å². The van der Waals surface area contributed by atoms with E-state index in [9.17, 15) is 14.9 Å². The van der Waals surface area contributed by atoms with Gasteiger partial charge in [-0.3, -0.25) is 10.1 Å². The molecule has 0 amide bonds. The number of non-ortho nitro benzene ring substituents is 1. The number of carbonyl (C=O) groups is 1. The Hall–Kier alpha value is -2.69. The lowest BCUT2D eigenvalue weighted by Gasteiger charge is -2.25. The van der Waals surface area contributed by atoms with E-state index in [2.05, 4.69) is 6.92 Å². The highest BCUT2D eigenvalue weighted by atomic mass is 16.6. The Bertz CT molecular complexity index is 682. The van der Waals surface area contributed by atoms with Gasteiger partial charge in [0, 0.05) is 18.1 Å². The van der Waals surface area contributed by atoms with Gasteiger partial charge in [-0.25, -0.2) is 4.79 Å². The second-order valence-electron chi connectivity index (χ2n) is 5.58. The number of nitro groups is 1. The van der Waals surface area contributed by atoms with Crippen molar-refractivity contribution >= 4 is 11.7 Å². The lowest BCUT2D eigenvalue weighted by atomic mass is 9.89. The number of ether oxygens (including phenoxy) is 1. The van der Waals surface area contributed by atoms with E-state index in [-0.39, 0.29) is 17.7 Å². The fraction of sp³-hybridized carbons (Fsp3) is 0.316. The largest absolute Gasteiger partial charge is 0.458 e. The first-order valence-corrected chi connectivity index (χ1v) is 8.07. The second-order valence-corrected chi connectivity index (χ2v) is 5.58. The summed E-state index contributed by atoms with van der Waals surface area (Å²) in [6.45, 7) is 4.05. The topological polar surface area (TPSA) is 69.4 Å². The van der Waals surface area contributed by atoms with Gasteiger partial charge in [-0.05, 0) is 30.5 Å². The molecule has 0 aliphatic carbocycles. The maximum absolute atomic E-state index is 12.4. The Labute approximate surface area is 141 Å². The monoisotopic (exact) mass is 327 g/mol. The molecule has 0 aliphatic rings. The molecule has 0 heterocycles. The highest BCUT2D eigenvalue weighted by molar-refractivity contribution is 5.89. The quantitative estimate of drug-likeness (QED) is 0.419. The number of carbonyl (C=O) groups excluding carboxylic acids is 1. The minimum absolute atomic E-state index is 0.0469. The molecule has 2 aromatic carbocycles. The van der Waals surface area contributed by atoms with Crippen molar-refractivity contribution < 1.29 is 14.5 Å². The zero-order chi connectivity index (χ0) is 17.5. The molecule has 2 rings (SSSR count). The number of esters is 1. The van der Waals surface area contributed by atoms with E-state index in [1.54, 1.807) is 0 Å². The summed E-state index contributed by atoms with van der Waals surface area (Å²) in [5.74, 6) is -0.329. The zero-order valence-electron chi connectivity index (χ0n) is 13.8. The second kappa shape index (κ2) is 8.24. The Morgan fingerprint density at radius 1 is 1.04 bits per heavy atom. The van der Waals surface area contributed by atoms with E-state index in [0.29, 0.717) is 12.0 Å². The van der Waals surface area contributed by atoms with Crippen LogP contribution in [-0.2, 0) is 4.74 Å². The lowest BCUT2D eigenvalue weighted by Crippen LogP contribution is -2.25. The van der Waals surface area contributed by atoms with Crippen molar-refractivity contribution in [3.8, 4) is 0 Å².